The maximum absolute atomic E-state index is 12.5. The Kier molecular flexibility index (Phi) is 3.80. The summed E-state index contributed by atoms with van der Waals surface area (Å²) in [5, 5.41) is 0. The average molecular weight is 370 g/mol. The number of hydrogen-bond acceptors (Lipinski definition) is 2. The van der Waals surface area contributed by atoms with Gasteiger partial charge >= 0.3 is 0 Å². The lowest BCUT2D eigenvalue weighted by molar-refractivity contribution is 0.0783. The molecule has 0 aromatic heterocycles. The second kappa shape index (κ2) is 5.40. The van der Waals surface area contributed by atoms with E-state index in [1.54, 1.807) is 0 Å². The smallest absolute Gasteiger partial charge is 0.253 e. The van der Waals surface area contributed by atoms with E-state index >= 15 is 0 Å². The highest BCUT2D eigenvalue weighted by atomic mass is 127. The molecule has 1 heterocycles. The summed E-state index contributed by atoms with van der Waals surface area (Å²) < 4.78 is 1.11. The number of nitrogens with zero attached hydrogens (tertiary/aromatic N) is 1. The molecule has 2 fully saturated rings. The Morgan fingerprint density at radius 2 is 2.16 bits per heavy atom. The minimum Gasteiger partial charge on any atom is -0.338 e. The second-order valence-electron chi connectivity index (χ2n) is 5.74. The number of carbonyl (C=O) groups excluding carboxylic acids is 1. The lowest BCUT2D eigenvalue weighted by atomic mass is 9.78. The molecule has 2 aliphatic rings. The first-order valence-electron chi connectivity index (χ1n) is 6.95. The fourth-order valence-electron chi connectivity index (χ4n) is 3.49. The summed E-state index contributed by atoms with van der Waals surface area (Å²) in [4.78, 5) is 14.5. The molecular formula is C15H19IN2O. The Bertz CT molecular complexity index is 491. The van der Waals surface area contributed by atoms with Crippen LogP contribution in [-0.4, -0.2) is 29.9 Å². The zero-order valence-electron chi connectivity index (χ0n) is 10.9. The first-order chi connectivity index (χ1) is 9.15. The molecule has 3 nitrogen and oxygen atoms in total. The Morgan fingerprint density at radius 3 is 2.89 bits per heavy atom. The lowest BCUT2D eigenvalue weighted by Gasteiger charge is -2.29. The molecule has 0 radical (unpaired) electrons. The lowest BCUT2D eigenvalue weighted by Crippen LogP contribution is -2.38. The van der Waals surface area contributed by atoms with Crippen LogP contribution in [0.2, 0.25) is 0 Å². The Hall–Kier alpha value is -0.620. The topological polar surface area (TPSA) is 46.3 Å². The molecule has 102 valence electrons. The highest BCUT2D eigenvalue weighted by Crippen LogP contribution is 2.36. The summed E-state index contributed by atoms with van der Waals surface area (Å²) in [6.07, 6.45) is 3.56. The van der Waals surface area contributed by atoms with Crippen LogP contribution in [0.4, 0.5) is 0 Å². The van der Waals surface area contributed by atoms with E-state index in [1.807, 2.05) is 29.2 Å². The number of amides is 1. The van der Waals surface area contributed by atoms with Crippen LogP contribution < -0.4 is 5.73 Å². The summed E-state index contributed by atoms with van der Waals surface area (Å²) in [7, 11) is 0. The molecule has 1 amide bonds. The standard InChI is InChI=1S/C15H19IN2O/c16-12-5-1-3-10(7-12)15(19)18-8-11-4-2-6-14(17)13(11)9-18/h1,3,5,7,11,13-14H,2,4,6,8-9,17H2. The zero-order chi connectivity index (χ0) is 13.4. The van der Waals surface area contributed by atoms with Crippen molar-refractivity contribution in [2.45, 2.75) is 25.3 Å². The summed E-state index contributed by atoms with van der Waals surface area (Å²) >= 11 is 2.25. The monoisotopic (exact) mass is 370 g/mol. The van der Waals surface area contributed by atoms with Crippen LogP contribution in [-0.2, 0) is 0 Å². The number of carbonyl (C=O) groups is 1. The van der Waals surface area contributed by atoms with Gasteiger partial charge in [-0.3, -0.25) is 4.79 Å². The van der Waals surface area contributed by atoms with Gasteiger partial charge in [0.05, 0.1) is 0 Å². The normalized spacial score (nSPS) is 30.2. The quantitative estimate of drug-likeness (QED) is 0.773. The van der Waals surface area contributed by atoms with Crippen molar-refractivity contribution in [2.75, 3.05) is 13.1 Å². The Balaban J connectivity index is 1.75. The van der Waals surface area contributed by atoms with E-state index in [0.717, 1.165) is 28.6 Å². The summed E-state index contributed by atoms with van der Waals surface area (Å²) in [6, 6.07) is 8.12. The van der Waals surface area contributed by atoms with Gasteiger partial charge in [-0.15, -0.1) is 0 Å². The van der Waals surface area contributed by atoms with E-state index in [2.05, 4.69) is 22.6 Å². The van der Waals surface area contributed by atoms with E-state index < -0.39 is 0 Å². The maximum Gasteiger partial charge on any atom is 0.253 e. The van der Waals surface area contributed by atoms with Gasteiger partial charge in [-0.1, -0.05) is 12.5 Å². The van der Waals surface area contributed by atoms with Crippen LogP contribution in [0.15, 0.2) is 24.3 Å². The predicted octanol–water partition coefficient (Wildman–Crippen LogP) is 2.49. The van der Waals surface area contributed by atoms with Gasteiger partial charge in [0.25, 0.3) is 5.91 Å². The zero-order valence-corrected chi connectivity index (χ0v) is 13.0. The van der Waals surface area contributed by atoms with Gasteiger partial charge in [0, 0.05) is 28.3 Å². The van der Waals surface area contributed by atoms with Crippen molar-refractivity contribution in [2.24, 2.45) is 17.6 Å². The van der Waals surface area contributed by atoms with Crippen molar-refractivity contribution in [1.82, 2.24) is 4.90 Å². The molecule has 4 heteroatoms. The molecule has 0 bridgehead atoms. The third kappa shape index (κ3) is 2.65. The van der Waals surface area contributed by atoms with Crippen LogP contribution in [0.25, 0.3) is 0 Å². The van der Waals surface area contributed by atoms with E-state index in [1.165, 1.54) is 12.8 Å². The maximum atomic E-state index is 12.5. The Labute approximate surface area is 127 Å². The van der Waals surface area contributed by atoms with Crippen LogP contribution >= 0.6 is 22.6 Å². The average Bonchev–Trinajstić information content (AvgIpc) is 2.83. The molecule has 1 aliphatic carbocycles. The van der Waals surface area contributed by atoms with E-state index in [9.17, 15) is 4.79 Å². The molecule has 3 rings (SSSR count). The van der Waals surface area contributed by atoms with Crippen LogP contribution in [0, 0.1) is 15.4 Å². The van der Waals surface area contributed by atoms with Gasteiger partial charge in [-0.25, -0.2) is 0 Å². The SMILES string of the molecule is NC1CCCC2CN(C(=O)c3cccc(I)c3)CC12. The molecule has 1 aromatic rings. The Morgan fingerprint density at radius 1 is 1.32 bits per heavy atom. The first-order valence-corrected chi connectivity index (χ1v) is 8.03. The van der Waals surface area contributed by atoms with Gasteiger partial charge in [0.1, 0.15) is 0 Å². The first kappa shape index (κ1) is 13.4. The van der Waals surface area contributed by atoms with Crippen molar-refractivity contribution < 1.29 is 4.79 Å². The second-order valence-corrected chi connectivity index (χ2v) is 6.98. The molecule has 2 N–H and O–H groups in total. The van der Waals surface area contributed by atoms with Crippen LogP contribution in [0.5, 0.6) is 0 Å². The number of benzene rings is 1. The number of fused-ring (bicyclic) bond motifs is 1. The molecule has 1 saturated carbocycles. The van der Waals surface area contributed by atoms with Gasteiger partial charge in [0.15, 0.2) is 0 Å². The van der Waals surface area contributed by atoms with Gasteiger partial charge in [0.2, 0.25) is 0 Å². The summed E-state index contributed by atoms with van der Waals surface area (Å²) in [5.41, 5.74) is 7.01. The van der Waals surface area contributed by atoms with Gasteiger partial charge in [-0.2, -0.15) is 0 Å². The highest BCUT2D eigenvalue weighted by Gasteiger charge is 2.40. The number of nitrogens with two attached hydrogens (primary N) is 1. The van der Waals surface area contributed by atoms with Crippen molar-refractivity contribution in [3.63, 3.8) is 0 Å². The molecule has 19 heavy (non-hydrogen) atoms. The number of likely N-dealkylation sites (tertiary alicyclic amines) is 1. The van der Waals surface area contributed by atoms with E-state index in [4.69, 9.17) is 5.73 Å². The number of halogens is 1. The molecule has 3 atom stereocenters. The van der Waals surface area contributed by atoms with Crippen LogP contribution in [0.1, 0.15) is 29.6 Å². The molecule has 0 spiro atoms. The minimum absolute atomic E-state index is 0.167. The van der Waals surface area contributed by atoms with Crippen molar-refractivity contribution in [3.05, 3.63) is 33.4 Å². The van der Waals surface area contributed by atoms with E-state index in [-0.39, 0.29) is 11.9 Å². The van der Waals surface area contributed by atoms with Crippen molar-refractivity contribution in [3.8, 4) is 0 Å². The number of rotatable bonds is 1. The molecule has 1 aromatic carbocycles. The van der Waals surface area contributed by atoms with Crippen molar-refractivity contribution >= 4 is 28.5 Å². The fraction of sp³-hybridized carbons (Fsp3) is 0.533. The molecular weight excluding hydrogens is 351 g/mol. The molecule has 3 unspecified atom stereocenters. The van der Waals surface area contributed by atoms with E-state index in [0.29, 0.717) is 11.8 Å². The third-order valence-corrected chi connectivity index (χ3v) is 5.18. The van der Waals surface area contributed by atoms with Gasteiger partial charge < -0.3 is 10.6 Å². The van der Waals surface area contributed by atoms with Crippen molar-refractivity contribution in [1.29, 1.82) is 0 Å². The van der Waals surface area contributed by atoms with Crippen LogP contribution in [0.3, 0.4) is 0 Å². The highest BCUT2D eigenvalue weighted by molar-refractivity contribution is 14.1. The molecule has 1 aliphatic heterocycles. The summed E-state index contributed by atoms with van der Waals surface area (Å²) in [6.45, 7) is 1.73. The third-order valence-electron chi connectivity index (χ3n) is 4.51. The van der Waals surface area contributed by atoms with Gasteiger partial charge in [-0.05, 0) is 65.5 Å². The predicted molar refractivity (Wildman–Crippen MR) is 83.9 cm³/mol. The molecule has 1 saturated heterocycles. The fourth-order valence-corrected chi connectivity index (χ4v) is 4.03. The minimum atomic E-state index is 0.167. The summed E-state index contributed by atoms with van der Waals surface area (Å²) in [5.74, 6) is 1.30. The number of hydrogen-bond donors (Lipinski definition) is 1. The largest absolute Gasteiger partial charge is 0.338 e.